The molecule has 0 bridgehead atoms. The zero-order chi connectivity index (χ0) is 15.0. The van der Waals surface area contributed by atoms with Gasteiger partial charge >= 0.3 is 0 Å². The number of ether oxygens (including phenoxy) is 1. The molecular weight excluding hydrogens is 314 g/mol. The molecule has 8 heteroatoms. The molecule has 0 N–H and O–H groups in total. The Morgan fingerprint density at radius 2 is 1.71 bits per heavy atom. The zero-order valence-electron chi connectivity index (χ0n) is 10.9. The van der Waals surface area contributed by atoms with Gasteiger partial charge in [0.05, 0.1) is 11.3 Å². The molecule has 3 rings (SSSR count). The van der Waals surface area contributed by atoms with Crippen LogP contribution in [0, 0.1) is 0 Å². The lowest BCUT2D eigenvalue weighted by molar-refractivity contribution is 0.483. The molecule has 0 spiro atoms. The molecule has 0 radical (unpaired) electrons. The Morgan fingerprint density at radius 3 is 2.33 bits per heavy atom. The minimum atomic E-state index is -3.54. The van der Waals surface area contributed by atoms with Crippen LogP contribution in [0.5, 0.6) is 11.5 Å². The zero-order valence-corrected chi connectivity index (χ0v) is 12.5. The number of hydrogen-bond acceptors (Lipinski definition) is 5. The number of nitrogens with zero attached hydrogens (tertiary/aromatic N) is 3. The van der Waals surface area contributed by atoms with E-state index >= 15 is 0 Å². The predicted molar refractivity (Wildman–Crippen MR) is 79.3 cm³/mol. The molecule has 6 nitrogen and oxygen atoms in total. The monoisotopic (exact) mass is 323 g/mol. The second-order valence-corrected chi connectivity index (χ2v) is 6.57. The van der Waals surface area contributed by atoms with Crippen molar-refractivity contribution in [3.05, 3.63) is 47.5 Å². The van der Waals surface area contributed by atoms with Gasteiger partial charge in [-0.25, -0.2) is 8.42 Å². The summed E-state index contributed by atoms with van der Waals surface area (Å²) >= 11 is 6.13. The highest BCUT2D eigenvalue weighted by molar-refractivity contribution is 7.88. The minimum absolute atomic E-state index is 0.326. The van der Waals surface area contributed by atoms with Gasteiger partial charge in [-0.2, -0.15) is 0 Å². The number of aromatic nitrogens is 3. The van der Waals surface area contributed by atoms with Crippen molar-refractivity contribution in [1.82, 2.24) is 14.4 Å². The SMILES string of the molecule is CS(=O)(=O)n1nc2cc(Cl)c(Oc3ccccc3)cc2n1. The third-order valence-corrected chi connectivity index (χ3v) is 3.74. The van der Waals surface area contributed by atoms with Crippen LogP contribution < -0.4 is 4.74 Å². The fraction of sp³-hybridized carbons (Fsp3) is 0.0769. The first kappa shape index (κ1) is 13.8. The molecule has 1 heterocycles. The molecule has 0 saturated heterocycles. The van der Waals surface area contributed by atoms with E-state index in [-0.39, 0.29) is 0 Å². The normalized spacial score (nSPS) is 11.7. The Morgan fingerprint density at radius 1 is 1.10 bits per heavy atom. The van der Waals surface area contributed by atoms with Crippen LogP contribution in [0.15, 0.2) is 42.5 Å². The predicted octanol–water partition coefficient (Wildman–Crippen LogP) is 2.68. The summed E-state index contributed by atoms with van der Waals surface area (Å²) in [4.78, 5) is 0. The Balaban J connectivity index is 2.06. The summed E-state index contributed by atoms with van der Waals surface area (Å²) in [6.07, 6.45) is 1.02. The lowest BCUT2D eigenvalue weighted by atomic mass is 10.3. The molecule has 3 aromatic rings. The van der Waals surface area contributed by atoms with Crippen molar-refractivity contribution >= 4 is 32.7 Å². The maximum atomic E-state index is 11.4. The molecular formula is C13H10ClN3O3S. The van der Waals surface area contributed by atoms with Gasteiger partial charge in [0, 0.05) is 6.07 Å². The fourth-order valence-electron chi connectivity index (χ4n) is 1.74. The molecule has 0 aliphatic heterocycles. The average molecular weight is 324 g/mol. The first-order chi connectivity index (χ1) is 9.93. The molecule has 0 fully saturated rings. The summed E-state index contributed by atoms with van der Waals surface area (Å²) in [5.41, 5.74) is 0.765. The Kier molecular flexibility index (Phi) is 3.30. The average Bonchev–Trinajstić information content (AvgIpc) is 2.83. The molecule has 1 aromatic heterocycles. The Hall–Kier alpha value is -2.12. The maximum Gasteiger partial charge on any atom is 0.267 e. The van der Waals surface area contributed by atoms with E-state index in [9.17, 15) is 8.42 Å². The lowest BCUT2D eigenvalue weighted by Crippen LogP contribution is -2.13. The van der Waals surface area contributed by atoms with E-state index in [4.69, 9.17) is 16.3 Å². The Bertz CT molecular complexity index is 907. The molecule has 108 valence electrons. The highest BCUT2D eigenvalue weighted by Crippen LogP contribution is 2.32. The second kappa shape index (κ2) is 5.01. The van der Waals surface area contributed by atoms with E-state index in [1.54, 1.807) is 18.2 Å². The Labute approximate surface area is 126 Å². The van der Waals surface area contributed by atoms with E-state index in [0.29, 0.717) is 31.8 Å². The van der Waals surface area contributed by atoms with Gasteiger partial charge in [0.15, 0.2) is 0 Å². The second-order valence-electron chi connectivity index (χ2n) is 4.37. The molecule has 0 aliphatic rings. The lowest BCUT2D eigenvalue weighted by Gasteiger charge is -2.06. The summed E-state index contributed by atoms with van der Waals surface area (Å²) in [6, 6.07) is 12.2. The van der Waals surface area contributed by atoms with E-state index in [1.165, 1.54) is 6.07 Å². The molecule has 0 atom stereocenters. The van der Waals surface area contributed by atoms with Crippen LogP contribution in [0.3, 0.4) is 0 Å². The first-order valence-corrected chi connectivity index (χ1v) is 8.16. The third-order valence-electron chi connectivity index (χ3n) is 2.68. The van der Waals surface area contributed by atoms with E-state index in [1.807, 2.05) is 18.2 Å². The van der Waals surface area contributed by atoms with Gasteiger partial charge in [-0.15, -0.1) is 10.2 Å². The first-order valence-electron chi connectivity index (χ1n) is 5.93. The number of para-hydroxylation sites is 1. The summed E-state index contributed by atoms with van der Waals surface area (Å²) < 4.78 is 29.2. The van der Waals surface area contributed by atoms with E-state index in [2.05, 4.69) is 10.2 Å². The van der Waals surface area contributed by atoms with Gasteiger partial charge in [-0.3, -0.25) is 0 Å². The van der Waals surface area contributed by atoms with Crippen molar-refractivity contribution in [2.75, 3.05) is 6.26 Å². The van der Waals surface area contributed by atoms with E-state index in [0.717, 1.165) is 6.26 Å². The van der Waals surface area contributed by atoms with Crippen LogP contribution >= 0.6 is 11.6 Å². The summed E-state index contributed by atoms with van der Waals surface area (Å²) in [5, 5.41) is 8.10. The van der Waals surface area contributed by atoms with Crippen molar-refractivity contribution in [2.45, 2.75) is 0 Å². The van der Waals surface area contributed by atoms with Crippen molar-refractivity contribution in [3.8, 4) is 11.5 Å². The molecule has 0 unspecified atom stereocenters. The van der Waals surface area contributed by atoms with Gasteiger partial charge in [0.25, 0.3) is 10.0 Å². The summed E-state index contributed by atoms with van der Waals surface area (Å²) in [7, 11) is -3.54. The van der Waals surface area contributed by atoms with Gasteiger partial charge in [-0.1, -0.05) is 34.0 Å². The van der Waals surface area contributed by atoms with Crippen LogP contribution in [0.1, 0.15) is 0 Å². The third kappa shape index (κ3) is 2.84. The number of hydrogen-bond donors (Lipinski definition) is 0. The van der Waals surface area contributed by atoms with Crippen molar-refractivity contribution in [3.63, 3.8) is 0 Å². The van der Waals surface area contributed by atoms with Crippen LogP contribution in [0.25, 0.3) is 11.0 Å². The summed E-state index contributed by atoms with van der Waals surface area (Å²) in [5.74, 6) is 1.00. The van der Waals surface area contributed by atoms with Crippen LogP contribution in [-0.2, 0) is 10.0 Å². The largest absolute Gasteiger partial charge is 0.456 e. The van der Waals surface area contributed by atoms with E-state index < -0.39 is 10.0 Å². The molecule has 21 heavy (non-hydrogen) atoms. The molecule has 0 aliphatic carbocycles. The van der Waals surface area contributed by atoms with Crippen molar-refractivity contribution < 1.29 is 13.2 Å². The van der Waals surface area contributed by atoms with Gasteiger partial charge in [0.2, 0.25) is 0 Å². The molecule has 0 saturated carbocycles. The topological polar surface area (TPSA) is 74.1 Å². The maximum absolute atomic E-state index is 11.4. The highest BCUT2D eigenvalue weighted by atomic mass is 35.5. The van der Waals surface area contributed by atoms with Crippen molar-refractivity contribution in [2.24, 2.45) is 0 Å². The smallest absolute Gasteiger partial charge is 0.267 e. The summed E-state index contributed by atoms with van der Waals surface area (Å²) in [6.45, 7) is 0. The number of halogens is 1. The molecule has 2 aromatic carbocycles. The van der Waals surface area contributed by atoms with Gasteiger partial charge < -0.3 is 4.74 Å². The highest BCUT2D eigenvalue weighted by Gasteiger charge is 2.14. The standard InChI is InChI=1S/C13H10ClN3O3S/c1-21(18,19)17-15-11-7-10(14)13(8-12(11)16-17)20-9-5-3-2-4-6-9/h2-8H,1H3. The minimum Gasteiger partial charge on any atom is -0.456 e. The fourth-order valence-corrected chi connectivity index (χ4v) is 2.41. The number of rotatable bonds is 3. The van der Waals surface area contributed by atoms with Gasteiger partial charge in [0.1, 0.15) is 22.5 Å². The number of fused-ring (bicyclic) bond motifs is 1. The van der Waals surface area contributed by atoms with Crippen LogP contribution in [0.4, 0.5) is 0 Å². The van der Waals surface area contributed by atoms with Crippen molar-refractivity contribution in [1.29, 1.82) is 0 Å². The van der Waals surface area contributed by atoms with Gasteiger partial charge in [-0.05, 0) is 18.2 Å². The van der Waals surface area contributed by atoms with Crippen LogP contribution in [-0.4, -0.2) is 29.1 Å². The molecule has 0 amide bonds. The number of benzene rings is 2. The van der Waals surface area contributed by atoms with Crippen LogP contribution in [0.2, 0.25) is 5.02 Å². The quantitative estimate of drug-likeness (QED) is 0.741.